The number of carbonyl (C=O) groups is 2. The zero-order valence-corrected chi connectivity index (χ0v) is 25.2. The Morgan fingerprint density at radius 1 is 1.07 bits per heavy atom. The SMILES string of the molecule is CCOC(=O)C1=C(C)NC(=S)N[C@H]1c1ccccc1OCC(=O)NN=Cc1cccc(OC)c1OCc1ccc(C#N)cc1. The first-order valence-corrected chi connectivity index (χ1v) is 14.0. The molecule has 0 spiro atoms. The van der Waals surface area contributed by atoms with E-state index in [-0.39, 0.29) is 19.8 Å². The molecule has 0 radical (unpaired) electrons. The maximum absolute atomic E-state index is 12.8. The summed E-state index contributed by atoms with van der Waals surface area (Å²) in [4.78, 5) is 25.4. The molecule has 3 aromatic carbocycles. The number of nitriles is 1. The Hall–Kier alpha value is -5.41. The number of hydrogen-bond donors (Lipinski definition) is 3. The Morgan fingerprint density at radius 3 is 2.55 bits per heavy atom. The number of nitrogens with zero attached hydrogens (tertiary/aromatic N) is 2. The maximum Gasteiger partial charge on any atom is 0.338 e. The molecule has 4 rings (SSSR count). The molecule has 1 heterocycles. The third kappa shape index (κ3) is 7.90. The number of carbonyl (C=O) groups excluding carboxylic acids is 2. The molecule has 0 unspecified atom stereocenters. The van der Waals surface area contributed by atoms with Crippen LogP contribution in [-0.4, -0.2) is 43.5 Å². The van der Waals surface area contributed by atoms with Gasteiger partial charge in [-0.2, -0.15) is 10.4 Å². The van der Waals surface area contributed by atoms with Crippen LogP contribution >= 0.6 is 12.2 Å². The fourth-order valence-corrected chi connectivity index (χ4v) is 4.66. The van der Waals surface area contributed by atoms with Gasteiger partial charge >= 0.3 is 5.97 Å². The van der Waals surface area contributed by atoms with Crippen molar-refractivity contribution in [3.8, 4) is 23.3 Å². The summed E-state index contributed by atoms with van der Waals surface area (Å²) in [7, 11) is 1.53. The maximum atomic E-state index is 12.8. The van der Waals surface area contributed by atoms with Gasteiger partial charge in [-0.25, -0.2) is 10.2 Å². The van der Waals surface area contributed by atoms with E-state index in [4.69, 9.17) is 36.4 Å². The number of ether oxygens (including phenoxy) is 4. The zero-order valence-electron chi connectivity index (χ0n) is 24.4. The predicted molar refractivity (Wildman–Crippen MR) is 167 cm³/mol. The highest BCUT2D eigenvalue weighted by atomic mass is 32.1. The Balaban J connectivity index is 1.42. The van der Waals surface area contributed by atoms with Gasteiger partial charge in [0.2, 0.25) is 0 Å². The first-order chi connectivity index (χ1) is 21.3. The zero-order chi connectivity index (χ0) is 31.5. The summed E-state index contributed by atoms with van der Waals surface area (Å²) >= 11 is 5.32. The molecule has 0 saturated heterocycles. The second-order valence-corrected chi connectivity index (χ2v) is 9.79. The van der Waals surface area contributed by atoms with Gasteiger partial charge in [0.05, 0.1) is 43.2 Å². The lowest BCUT2D eigenvalue weighted by molar-refractivity contribution is -0.139. The minimum Gasteiger partial charge on any atom is -0.493 e. The lowest BCUT2D eigenvalue weighted by Crippen LogP contribution is -2.45. The van der Waals surface area contributed by atoms with E-state index in [1.807, 2.05) is 12.1 Å². The molecule has 1 aliphatic heterocycles. The van der Waals surface area contributed by atoms with E-state index in [1.54, 1.807) is 68.4 Å². The smallest absolute Gasteiger partial charge is 0.338 e. The molecule has 1 amide bonds. The number of methoxy groups -OCH3 is 1. The lowest BCUT2D eigenvalue weighted by atomic mass is 9.95. The Labute approximate surface area is 260 Å². The fourth-order valence-electron chi connectivity index (χ4n) is 4.39. The molecule has 11 nitrogen and oxygen atoms in total. The second-order valence-electron chi connectivity index (χ2n) is 9.39. The van der Waals surface area contributed by atoms with Gasteiger partial charge in [-0.05, 0) is 62.0 Å². The number of para-hydroxylation sites is 2. The van der Waals surface area contributed by atoms with Crippen LogP contribution in [0.25, 0.3) is 0 Å². The molecule has 0 fully saturated rings. The van der Waals surface area contributed by atoms with Crippen molar-refractivity contribution in [2.45, 2.75) is 26.5 Å². The number of thiocarbonyl (C=S) groups is 1. The first kappa shape index (κ1) is 31.5. The van der Waals surface area contributed by atoms with Crippen LogP contribution in [0, 0.1) is 11.3 Å². The van der Waals surface area contributed by atoms with Crippen LogP contribution < -0.4 is 30.3 Å². The van der Waals surface area contributed by atoms with Crippen LogP contribution in [0.4, 0.5) is 0 Å². The average Bonchev–Trinajstić information content (AvgIpc) is 3.03. The normalized spacial score (nSPS) is 14.2. The predicted octanol–water partition coefficient (Wildman–Crippen LogP) is 4.03. The first-order valence-electron chi connectivity index (χ1n) is 13.6. The van der Waals surface area contributed by atoms with Crippen molar-refractivity contribution in [2.75, 3.05) is 20.3 Å². The van der Waals surface area contributed by atoms with Crippen molar-refractivity contribution in [2.24, 2.45) is 5.10 Å². The lowest BCUT2D eigenvalue weighted by Gasteiger charge is -2.30. The van der Waals surface area contributed by atoms with E-state index in [0.717, 1.165) is 5.56 Å². The molecule has 0 bridgehead atoms. The highest BCUT2D eigenvalue weighted by Crippen LogP contribution is 2.34. The van der Waals surface area contributed by atoms with E-state index in [9.17, 15) is 9.59 Å². The van der Waals surface area contributed by atoms with Gasteiger partial charge in [-0.15, -0.1) is 0 Å². The Kier molecular flexibility index (Phi) is 10.9. The van der Waals surface area contributed by atoms with Crippen LogP contribution in [-0.2, 0) is 20.9 Å². The van der Waals surface area contributed by atoms with Crippen molar-refractivity contribution in [1.29, 1.82) is 5.26 Å². The number of benzene rings is 3. The van der Waals surface area contributed by atoms with Crippen molar-refractivity contribution in [3.63, 3.8) is 0 Å². The number of esters is 1. The van der Waals surface area contributed by atoms with Crippen molar-refractivity contribution in [3.05, 3.63) is 100 Å². The van der Waals surface area contributed by atoms with E-state index < -0.39 is 17.9 Å². The van der Waals surface area contributed by atoms with E-state index in [1.165, 1.54) is 13.3 Å². The number of allylic oxidation sites excluding steroid dienone is 1. The number of hydrazone groups is 1. The molecular formula is C32H31N5O6S. The summed E-state index contributed by atoms with van der Waals surface area (Å²) in [6, 6.07) is 20.8. The van der Waals surface area contributed by atoms with Gasteiger partial charge in [-0.1, -0.05) is 36.4 Å². The van der Waals surface area contributed by atoms with Gasteiger partial charge < -0.3 is 29.6 Å². The van der Waals surface area contributed by atoms with Gasteiger partial charge in [0.25, 0.3) is 5.91 Å². The number of amides is 1. The third-order valence-corrected chi connectivity index (χ3v) is 6.66. The van der Waals surface area contributed by atoms with Gasteiger partial charge in [0.15, 0.2) is 23.2 Å². The quantitative estimate of drug-likeness (QED) is 0.119. The van der Waals surface area contributed by atoms with Crippen LogP contribution in [0.2, 0.25) is 0 Å². The molecule has 0 aromatic heterocycles. The molecule has 3 aromatic rings. The van der Waals surface area contributed by atoms with Gasteiger partial charge in [0.1, 0.15) is 12.4 Å². The standard InChI is InChI=1S/C32H31N5O6S/c1-4-41-31(39)28-20(2)35-32(44)36-29(28)24-9-5-6-10-25(24)42-19-27(38)37-34-17-23-8-7-11-26(40-3)30(23)43-18-22-14-12-21(16-33)13-15-22/h5-15,17,29H,4,18-19H2,1-3H3,(H,37,38)(H2,35,36,44)/t29-/m0/s1. The van der Waals surface area contributed by atoms with Gasteiger partial charge in [0, 0.05) is 16.8 Å². The van der Waals surface area contributed by atoms with Crippen LogP contribution in [0.15, 0.2) is 83.1 Å². The van der Waals surface area contributed by atoms with E-state index in [2.05, 4.69) is 27.2 Å². The van der Waals surface area contributed by atoms with Crippen LogP contribution in [0.5, 0.6) is 17.2 Å². The molecule has 1 atom stereocenters. The summed E-state index contributed by atoms with van der Waals surface area (Å²) in [6.45, 7) is 3.57. The Morgan fingerprint density at radius 2 is 1.82 bits per heavy atom. The summed E-state index contributed by atoms with van der Waals surface area (Å²) in [6.07, 6.45) is 1.45. The van der Waals surface area contributed by atoms with Crippen molar-refractivity contribution in [1.82, 2.24) is 16.1 Å². The molecular weight excluding hydrogens is 582 g/mol. The molecule has 0 saturated carbocycles. The highest BCUT2D eigenvalue weighted by molar-refractivity contribution is 7.80. The van der Waals surface area contributed by atoms with Crippen LogP contribution in [0.3, 0.4) is 0 Å². The largest absolute Gasteiger partial charge is 0.493 e. The number of nitrogens with one attached hydrogen (secondary N) is 3. The average molecular weight is 614 g/mol. The Bertz CT molecular complexity index is 1630. The summed E-state index contributed by atoms with van der Waals surface area (Å²) in [5.41, 5.74) is 5.99. The van der Waals surface area contributed by atoms with Gasteiger partial charge in [-0.3, -0.25) is 4.79 Å². The molecule has 226 valence electrons. The molecule has 3 N–H and O–H groups in total. The summed E-state index contributed by atoms with van der Waals surface area (Å²) in [5, 5.41) is 19.5. The summed E-state index contributed by atoms with van der Waals surface area (Å²) < 4.78 is 22.6. The number of rotatable bonds is 12. The molecule has 12 heteroatoms. The molecule has 0 aliphatic carbocycles. The number of hydrogen-bond acceptors (Lipinski definition) is 9. The van der Waals surface area contributed by atoms with Crippen molar-refractivity contribution < 1.29 is 28.5 Å². The highest BCUT2D eigenvalue weighted by Gasteiger charge is 2.32. The molecule has 1 aliphatic rings. The third-order valence-electron chi connectivity index (χ3n) is 6.44. The topological polar surface area (TPSA) is 143 Å². The minimum absolute atomic E-state index is 0.214. The van der Waals surface area contributed by atoms with E-state index in [0.29, 0.717) is 50.3 Å². The molecule has 44 heavy (non-hydrogen) atoms. The van der Waals surface area contributed by atoms with Crippen LogP contribution in [0.1, 0.15) is 42.1 Å². The second kappa shape index (κ2) is 15.2. The van der Waals surface area contributed by atoms with Crippen molar-refractivity contribution >= 4 is 35.4 Å². The minimum atomic E-state index is -0.643. The fraction of sp³-hybridized carbons (Fsp3) is 0.219. The monoisotopic (exact) mass is 613 g/mol. The summed E-state index contributed by atoms with van der Waals surface area (Å²) in [5.74, 6) is 0.319. The van der Waals surface area contributed by atoms with E-state index >= 15 is 0 Å².